The van der Waals surface area contributed by atoms with Crippen LogP contribution in [0.5, 0.6) is 0 Å². The quantitative estimate of drug-likeness (QED) is 0.529. The van der Waals surface area contributed by atoms with Gasteiger partial charge in [-0.1, -0.05) is 42.4 Å². The van der Waals surface area contributed by atoms with Crippen LogP contribution >= 0.6 is 23.4 Å². The summed E-state index contributed by atoms with van der Waals surface area (Å²) < 4.78 is 0. The molecule has 3 rings (SSSR count). The summed E-state index contributed by atoms with van der Waals surface area (Å²) in [6, 6.07) is 6.33. The van der Waals surface area contributed by atoms with Crippen LogP contribution in [0.3, 0.4) is 0 Å². The Hall–Kier alpha value is -1.59. The number of aromatic nitrogens is 4. The Balaban J connectivity index is 1.82. The van der Waals surface area contributed by atoms with E-state index in [9.17, 15) is 0 Å². The maximum atomic E-state index is 6.38. The zero-order valence-electron chi connectivity index (χ0n) is 13.5. The molecule has 120 valence electrons. The molecule has 0 atom stereocenters. The van der Waals surface area contributed by atoms with Crippen molar-refractivity contribution in [3.8, 4) is 0 Å². The highest BCUT2D eigenvalue weighted by Gasteiger charge is 2.10. The lowest BCUT2D eigenvalue weighted by atomic mass is 10.0. The van der Waals surface area contributed by atoms with E-state index in [0.717, 1.165) is 40.3 Å². The standard InChI is InChI=1S/C17H19ClN4S/c1-4-5-14-19-17(22-21-14)23-9-13-8-12-7-6-10(2)11(3)15(12)20-16(13)18/h6-8H,4-5,9H2,1-3H3,(H,19,21,22). The molecule has 0 saturated heterocycles. The summed E-state index contributed by atoms with van der Waals surface area (Å²) in [7, 11) is 0. The number of hydrogen-bond donors (Lipinski definition) is 1. The molecule has 3 aromatic rings. The molecule has 0 spiro atoms. The summed E-state index contributed by atoms with van der Waals surface area (Å²) in [6.45, 7) is 6.29. The van der Waals surface area contributed by atoms with Crippen LogP contribution in [0.25, 0.3) is 10.9 Å². The largest absolute Gasteiger partial charge is 0.262 e. The first-order valence-corrected chi connectivity index (χ1v) is 9.04. The van der Waals surface area contributed by atoms with E-state index in [4.69, 9.17) is 11.6 Å². The fraction of sp³-hybridized carbons (Fsp3) is 0.353. The second kappa shape index (κ2) is 6.89. The van der Waals surface area contributed by atoms with Gasteiger partial charge < -0.3 is 0 Å². The Bertz CT molecular complexity index is 844. The number of benzene rings is 1. The molecule has 2 aromatic heterocycles. The van der Waals surface area contributed by atoms with Crippen molar-refractivity contribution in [2.45, 2.75) is 44.5 Å². The predicted octanol–water partition coefficient (Wildman–Crippen LogP) is 4.87. The van der Waals surface area contributed by atoms with Crippen molar-refractivity contribution in [3.63, 3.8) is 0 Å². The minimum absolute atomic E-state index is 0.558. The summed E-state index contributed by atoms with van der Waals surface area (Å²) in [4.78, 5) is 9.05. The zero-order valence-corrected chi connectivity index (χ0v) is 15.1. The maximum absolute atomic E-state index is 6.38. The number of nitrogens with zero attached hydrogens (tertiary/aromatic N) is 3. The van der Waals surface area contributed by atoms with Crippen molar-refractivity contribution < 1.29 is 0 Å². The average Bonchev–Trinajstić information content (AvgIpc) is 2.98. The van der Waals surface area contributed by atoms with Crippen LogP contribution in [-0.4, -0.2) is 20.2 Å². The van der Waals surface area contributed by atoms with E-state index in [1.54, 1.807) is 11.8 Å². The van der Waals surface area contributed by atoms with Gasteiger partial charge in [0.2, 0.25) is 5.16 Å². The van der Waals surface area contributed by atoms with Crippen molar-refractivity contribution >= 4 is 34.3 Å². The van der Waals surface area contributed by atoms with Crippen LogP contribution in [0.15, 0.2) is 23.4 Å². The van der Waals surface area contributed by atoms with E-state index in [1.807, 2.05) is 0 Å². The molecular weight excluding hydrogens is 328 g/mol. The Morgan fingerprint density at radius 2 is 2.04 bits per heavy atom. The number of fused-ring (bicyclic) bond motifs is 1. The first kappa shape index (κ1) is 16.3. The van der Waals surface area contributed by atoms with Gasteiger partial charge in [0.25, 0.3) is 0 Å². The van der Waals surface area contributed by atoms with Crippen molar-refractivity contribution in [2.75, 3.05) is 0 Å². The summed E-state index contributed by atoms with van der Waals surface area (Å²) in [5.41, 5.74) is 4.40. The zero-order chi connectivity index (χ0) is 16.4. The average molecular weight is 347 g/mol. The fourth-order valence-corrected chi connectivity index (χ4v) is 3.51. The van der Waals surface area contributed by atoms with Crippen LogP contribution in [0.2, 0.25) is 5.15 Å². The van der Waals surface area contributed by atoms with Crippen molar-refractivity contribution in [1.82, 2.24) is 20.2 Å². The molecule has 1 aromatic carbocycles. The molecule has 0 radical (unpaired) electrons. The lowest BCUT2D eigenvalue weighted by Gasteiger charge is -2.08. The number of aromatic amines is 1. The van der Waals surface area contributed by atoms with E-state index in [0.29, 0.717) is 10.9 Å². The van der Waals surface area contributed by atoms with E-state index < -0.39 is 0 Å². The van der Waals surface area contributed by atoms with Gasteiger partial charge in [0.15, 0.2) is 0 Å². The normalized spacial score (nSPS) is 11.3. The number of thioether (sulfide) groups is 1. The lowest BCUT2D eigenvalue weighted by molar-refractivity contribution is 0.840. The molecule has 0 bridgehead atoms. The van der Waals surface area contributed by atoms with E-state index >= 15 is 0 Å². The highest BCUT2D eigenvalue weighted by molar-refractivity contribution is 7.98. The second-order valence-corrected chi connectivity index (χ2v) is 6.92. The van der Waals surface area contributed by atoms with Gasteiger partial charge in [-0.2, -0.15) is 0 Å². The molecule has 1 N–H and O–H groups in total. The third-order valence-corrected chi connectivity index (χ3v) is 5.12. The molecule has 0 aliphatic heterocycles. The molecule has 23 heavy (non-hydrogen) atoms. The highest BCUT2D eigenvalue weighted by Crippen LogP contribution is 2.28. The molecule has 0 unspecified atom stereocenters. The Morgan fingerprint density at radius 3 is 2.83 bits per heavy atom. The van der Waals surface area contributed by atoms with Gasteiger partial charge in [-0.25, -0.2) is 9.97 Å². The van der Waals surface area contributed by atoms with Crippen molar-refractivity contribution in [3.05, 3.63) is 45.9 Å². The fourth-order valence-electron chi connectivity index (χ4n) is 2.44. The number of H-pyrrole nitrogens is 1. The second-order valence-electron chi connectivity index (χ2n) is 5.62. The van der Waals surface area contributed by atoms with Crippen molar-refractivity contribution in [1.29, 1.82) is 0 Å². The Morgan fingerprint density at radius 1 is 1.22 bits per heavy atom. The molecule has 4 nitrogen and oxygen atoms in total. The van der Waals surface area contributed by atoms with Crippen LogP contribution in [-0.2, 0) is 12.2 Å². The molecule has 0 amide bonds. The summed E-state index contributed by atoms with van der Waals surface area (Å²) in [6.07, 6.45) is 1.98. The number of hydrogen-bond acceptors (Lipinski definition) is 4. The molecule has 0 aliphatic carbocycles. The van der Waals surface area contributed by atoms with Gasteiger partial charge in [-0.05, 0) is 37.5 Å². The van der Waals surface area contributed by atoms with E-state index in [-0.39, 0.29) is 0 Å². The first-order valence-electron chi connectivity index (χ1n) is 7.68. The number of pyridine rings is 1. The van der Waals surface area contributed by atoms with Gasteiger partial charge in [0.05, 0.1) is 5.52 Å². The van der Waals surface area contributed by atoms with Gasteiger partial charge >= 0.3 is 0 Å². The Kier molecular flexibility index (Phi) is 4.87. The number of nitrogens with one attached hydrogen (secondary N) is 1. The smallest absolute Gasteiger partial charge is 0.208 e. The topological polar surface area (TPSA) is 54.5 Å². The predicted molar refractivity (Wildman–Crippen MR) is 96.2 cm³/mol. The van der Waals surface area contributed by atoms with Gasteiger partial charge in [-0.3, -0.25) is 5.10 Å². The molecular formula is C17H19ClN4S. The van der Waals surface area contributed by atoms with Crippen LogP contribution in [0.4, 0.5) is 0 Å². The number of rotatable bonds is 5. The Labute approximate surface area is 145 Å². The molecule has 0 saturated carbocycles. The highest BCUT2D eigenvalue weighted by atomic mass is 35.5. The third-order valence-electron chi connectivity index (χ3n) is 3.89. The lowest BCUT2D eigenvalue weighted by Crippen LogP contribution is -1.93. The molecule has 0 fully saturated rings. The van der Waals surface area contributed by atoms with Gasteiger partial charge in [-0.15, -0.1) is 5.10 Å². The monoisotopic (exact) mass is 346 g/mol. The minimum Gasteiger partial charge on any atom is -0.262 e. The SMILES string of the molecule is CCCc1nc(SCc2cc3ccc(C)c(C)c3nc2Cl)n[nH]1. The van der Waals surface area contributed by atoms with Gasteiger partial charge in [0, 0.05) is 23.1 Å². The summed E-state index contributed by atoms with van der Waals surface area (Å²) in [5, 5.41) is 9.63. The maximum Gasteiger partial charge on any atom is 0.208 e. The summed E-state index contributed by atoms with van der Waals surface area (Å²) >= 11 is 7.95. The van der Waals surface area contributed by atoms with Crippen LogP contribution in [0.1, 0.15) is 35.9 Å². The third kappa shape index (κ3) is 3.51. The van der Waals surface area contributed by atoms with E-state index in [2.05, 4.69) is 59.1 Å². The number of halogens is 1. The molecule has 2 heterocycles. The minimum atomic E-state index is 0.558. The van der Waals surface area contributed by atoms with Crippen LogP contribution in [0, 0.1) is 13.8 Å². The van der Waals surface area contributed by atoms with Crippen molar-refractivity contribution in [2.24, 2.45) is 0 Å². The number of aryl methyl sites for hydroxylation is 3. The van der Waals surface area contributed by atoms with Gasteiger partial charge in [0.1, 0.15) is 11.0 Å². The summed E-state index contributed by atoms with van der Waals surface area (Å²) in [5.74, 6) is 1.64. The van der Waals surface area contributed by atoms with Crippen LogP contribution < -0.4 is 0 Å². The molecule has 6 heteroatoms. The van der Waals surface area contributed by atoms with E-state index in [1.165, 1.54) is 11.1 Å². The first-order chi connectivity index (χ1) is 11.1. The molecule has 0 aliphatic rings.